The van der Waals surface area contributed by atoms with Crippen LogP contribution >= 0.6 is 0 Å². The standard InChI is InChI=1S/C15H19NO4/c1-15(2,20-11-7-4-3-5-8-11)14(19)16-10-6-9-12(16)13(17)18/h3-5,7-8,12H,6,9-10H2,1-2H3,(H,17,18). The maximum absolute atomic E-state index is 12.5. The highest BCUT2D eigenvalue weighted by Crippen LogP contribution is 2.25. The first kappa shape index (κ1) is 14.4. The highest BCUT2D eigenvalue weighted by molar-refractivity contribution is 5.89. The van der Waals surface area contributed by atoms with E-state index < -0.39 is 17.6 Å². The molecular formula is C15H19NO4. The molecule has 1 amide bonds. The van der Waals surface area contributed by atoms with Crippen molar-refractivity contribution in [1.82, 2.24) is 4.90 Å². The molecule has 1 aromatic rings. The molecule has 20 heavy (non-hydrogen) atoms. The Morgan fingerprint density at radius 3 is 2.55 bits per heavy atom. The molecule has 0 saturated carbocycles. The Bertz CT molecular complexity index is 498. The number of hydrogen-bond acceptors (Lipinski definition) is 3. The Morgan fingerprint density at radius 2 is 1.95 bits per heavy atom. The average molecular weight is 277 g/mol. The normalized spacial score (nSPS) is 18.9. The molecule has 0 aromatic heterocycles. The monoisotopic (exact) mass is 277 g/mol. The molecule has 5 heteroatoms. The van der Waals surface area contributed by atoms with E-state index in [1.54, 1.807) is 26.0 Å². The lowest BCUT2D eigenvalue weighted by Crippen LogP contribution is -2.52. The van der Waals surface area contributed by atoms with Crippen LogP contribution in [0.15, 0.2) is 30.3 Å². The lowest BCUT2D eigenvalue weighted by Gasteiger charge is -2.32. The lowest BCUT2D eigenvalue weighted by molar-refractivity contribution is -0.155. The van der Waals surface area contributed by atoms with Gasteiger partial charge in [-0.2, -0.15) is 0 Å². The number of amides is 1. The number of aliphatic carboxylic acids is 1. The Kier molecular flexibility index (Phi) is 3.97. The minimum absolute atomic E-state index is 0.286. The fourth-order valence-corrected chi connectivity index (χ4v) is 2.44. The highest BCUT2D eigenvalue weighted by atomic mass is 16.5. The number of nitrogens with zero attached hydrogens (tertiary/aromatic N) is 1. The van der Waals surface area contributed by atoms with E-state index in [1.807, 2.05) is 18.2 Å². The number of carbonyl (C=O) groups excluding carboxylic acids is 1. The van der Waals surface area contributed by atoms with Crippen LogP contribution in [0.2, 0.25) is 0 Å². The molecule has 1 aliphatic heterocycles. The molecule has 1 N–H and O–H groups in total. The molecule has 1 aliphatic rings. The summed E-state index contributed by atoms with van der Waals surface area (Å²) in [5, 5.41) is 9.15. The summed E-state index contributed by atoms with van der Waals surface area (Å²) in [5.41, 5.74) is -1.08. The molecule has 108 valence electrons. The van der Waals surface area contributed by atoms with Crippen LogP contribution in [0.3, 0.4) is 0 Å². The molecule has 1 heterocycles. The van der Waals surface area contributed by atoms with Crippen molar-refractivity contribution in [3.8, 4) is 5.75 Å². The molecule has 0 radical (unpaired) electrons. The van der Waals surface area contributed by atoms with Crippen LogP contribution < -0.4 is 4.74 Å². The van der Waals surface area contributed by atoms with Crippen LogP contribution in [0, 0.1) is 0 Å². The molecule has 0 bridgehead atoms. The van der Waals surface area contributed by atoms with Crippen LogP contribution in [-0.4, -0.2) is 40.1 Å². The molecule has 1 unspecified atom stereocenters. The van der Waals surface area contributed by atoms with Crippen LogP contribution in [0.4, 0.5) is 0 Å². The molecule has 1 atom stereocenters. The Hall–Kier alpha value is -2.04. The second-order valence-corrected chi connectivity index (χ2v) is 5.42. The fourth-order valence-electron chi connectivity index (χ4n) is 2.44. The predicted molar refractivity (Wildman–Crippen MR) is 73.5 cm³/mol. The van der Waals surface area contributed by atoms with Gasteiger partial charge in [-0.1, -0.05) is 18.2 Å². The number of rotatable bonds is 4. The van der Waals surface area contributed by atoms with E-state index >= 15 is 0 Å². The van der Waals surface area contributed by atoms with E-state index in [9.17, 15) is 9.59 Å². The summed E-state index contributed by atoms with van der Waals surface area (Å²) in [6, 6.07) is 8.32. The largest absolute Gasteiger partial charge is 0.480 e. The lowest BCUT2D eigenvalue weighted by atomic mass is 10.1. The number of para-hydroxylation sites is 1. The van der Waals surface area contributed by atoms with E-state index in [1.165, 1.54) is 4.90 Å². The number of likely N-dealkylation sites (tertiary alicyclic amines) is 1. The van der Waals surface area contributed by atoms with Crippen molar-refractivity contribution in [3.05, 3.63) is 30.3 Å². The van der Waals surface area contributed by atoms with Gasteiger partial charge in [0.1, 0.15) is 11.8 Å². The minimum Gasteiger partial charge on any atom is -0.480 e. The third-order valence-electron chi connectivity index (χ3n) is 3.43. The topological polar surface area (TPSA) is 66.8 Å². The SMILES string of the molecule is CC(C)(Oc1ccccc1)C(=O)N1CCCC1C(=O)O. The first-order valence-electron chi connectivity index (χ1n) is 6.70. The summed E-state index contributed by atoms with van der Waals surface area (Å²) in [4.78, 5) is 25.1. The number of ether oxygens (including phenoxy) is 1. The third-order valence-corrected chi connectivity index (χ3v) is 3.43. The zero-order valence-electron chi connectivity index (χ0n) is 11.7. The van der Waals surface area contributed by atoms with Crippen molar-refractivity contribution >= 4 is 11.9 Å². The van der Waals surface area contributed by atoms with Crippen molar-refractivity contribution in [2.45, 2.75) is 38.3 Å². The van der Waals surface area contributed by atoms with Gasteiger partial charge in [0, 0.05) is 6.54 Å². The molecule has 2 rings (SSSR count). The molecule has 1 aromatic carbocycles. The Labute approximate surface area is 118 Å². The van der Waals surface area contributed by atoms with Crippen LogP contribution in [-0.2, 0) is 9.59 Å². The van der Waals surface area contributed by atoms with Gasteiger partial charge < -0.3 is 14.7 Å². The smallest absolute Gasteiger partial charge is 0.326 e. The number of carbonyl (C=O) groups is 2. The van der Waals surface area contributed by atoms with Gasteiger partial charge in [0.05, 0.1) is 0 Å². The van der Waals surface area contributed by atoms with Gasteiger partial charge in [-0.25, -0.2) is 4.79 Å². The van der Waals surface area contributed by atoms with Crippen LogP contribution in [0.5, 0.6) is 5.75 Å². The number of benzene rings is 1. The summed E-state index contributed by atoms with van der Waals surface area (Å²) in [6.07, 6.45) is 1.21. The quantitative estimate of drug-likeness (QED) is 0.913. The number of carboxylic acids is 1. The first-order chi connectivity index (χ1) is 9.42. The van der Waals surface area contributed by atoms with Crippen LogP contribution in [0.1, 0.15) is 26.7 Å². The van der Waals surface area contributed by atoms with Gasteiger partial charge >= 0.3 is 5.97 Å². The number of carboxylic acid groups (broad SMARTS) is 1. The maximum Gasteiger partial charge on any atom is 0.326 e. The first-order valence-corrected chi connectivity index (χ1v) is 6.70. The van der Waals surface area contributed by atoms with E-state index in [0.29, 0.717) is 25.1 Å². The van der Waals surface area contributed by atoms with E-state index in [4.69, 9.17) is 9.84 Å². The van der Waals surface area contributed by atoms with Crippen LogP contribution in [0.25, 0.3) is 0 Å². The number of hydrogen-bond donors (Lipinski definition) is 1. The summed E-state index contributed by atoms with van der Waals surface area (Å²) in [6.45, 7) is 3.80. The zero-order valence-corrected chi connectivity index (χ0v) is 11.7. The van der Waals surface area contributed by atoms with Gasteiger partial charge in [0.15, 0.2) is 5.60 Å². The second kappa shape index (κ2) is 5.53. The molecule has 1 saturated heterocycles. The summed E-state index contributed by atoms with van der Waals surface area (Å²) in [7, 11) is 0. The van der Waals surface area contributed by atoms with Gasteiger partial charge in [-0.15, -0.1) is 0 Å². The van der Waals surface area contributed by atoms with Crippen molar-refractivity contribution in [2.75, 3.05) is 6.54 Å². The summed E-state index contributed by atoms with van der Waals surface area (Å²) < 4.78 is 5.72. The second-order valence-electron chi connectivity index (χ2n) is 5.42. The molecule has 0 aliphatic carbocycles. The molecular weight excluding hydrogens is 258 g/mol. The Morgan fingerprint density at radius 1 is 1.30 bits per heavy atom. The molecule has 5 nitrogen and oxygen atoms in total. The molecule has 0 spiro atoms. The van der Waals surface area contributed by atoms with Gasteiger partial charge in [-0.05, 0) is 38.8 Å². The Balaban J connectivity index is 2.12. The fraction of sp³-hybridized carbons (Fsp3) is 0.467. The average Bonchev–Trinajstić information content (AvgIpc) is 2.87. The molecule has 1 fully saturated rings. The zero-order chi connectivity index (χ0) is 14.8. The van der Waals surface area contributed by atoms with Gasteiger partial charge in [0.25, 0.3) is 5.91 Å². The summed E-state index contributed by atoms with van der Waals surface area (Å²) >= 11 is 0. The van der Waals surface area contributed by atoms with Gasteiger partial charge in [-0.3, -0.25) is 4.79 Å². The van der Waals surface area contributed by atoms with Crippen molar-refractivity contribution in [1.29, 1.82) is 0 Å². The minimum atomic E-state index is -1.08. The maximum atomic E-state index is 12.5. The third kappa shape index (κ3) is 2.92. The van der Waals surface area contributed by atoms with Crippen molar-refractivity contribution in [3.63, 3.8) is 0 Å². The van der Waals surface area contributed by atoms with Gasteiger partial charge in [0.2, 0.25) is 0 Å². The summed E-state index contributed by atoms with van der Waals surface area (Å²) in [5.74, 6) is -0.644. The van der Waals surface area contributed by atoms with Crippen molar-refractivity contribution in [2.24, 2.45) is 0 Å². The predicted octanol–water partition coefficient (Wildman–Crippen LogP) is 1.92. The van der Waals surface area contributed by atoms with E-state index in [-0.39, 0.29) is 5.91 Å². The van der Waals surface area contributed by atoms with E-state index in [2.05, 4.69) is 0 Å². The van der Waals surface area contributed by atoms with Crippen molar-refractivity contribution < 1.29 is 19.4 Å². The van der Waals surface area contributed by atoms with E-state index in [0.717, 1.165) is 0 Å². The highest BCUT2D eigenvalue weighted by Gasteiger charge is 2.42.